The van der Waals surface area contributed by atoms with Gasteiger partial charge in [-0.3, -0.25) is 9.59 Å². The van der Waals surface area contributed by atoms with Crippen LogP contribution in [0.2, 0.25) is 5.02 Å². The number of thiophene rings is 1. The molecule has 42 heavy (non-hydrogen) atoms. The molecule has 0 bridgehead atoms. The molecular formula is C29H31ClN4O6S2. The standard InChI is InChI=1S/C29H31ClN4O6S2/c1-19-10-11-20-15-26(23(30)16-24(20)32-19)42(37,38)33-28(22-8-4-5-9-25(22)40-3)29(36)34(17-21-7-6-14-41-21)18-27(35)31-12-13-39-2/h4-11,14-16,28,32-33H,1,12-13,17-18H2,2-3H3,(H,31,35)/t28-/m1/s1. The van der Waals surface area contributed by atoms with Crippen molar-refractivity contribution in [1.29, 1.82) is 0 Å². The predicted molar refractivity (Wildman–Crippen MR) is 164 cm³/mol. The number of hydrogen-bond donors (Lipinski definition) is 3. The molecule has 0 fully saturated rings. The highest BCUT2D eigenvalue weighted by Gasteiger charge is 2.35. The molecule has 2 amide bonds. The van der Waals surface area contributed by atoms with Crippen LogP contribution < -0.4 is 20.1 Å². The Hall–Kier alpha value is -3.68. The van der Waals surface area contributed by atoms with Crippen molar-refractivity contribution in [2.24, 2.45) is 0 Å². The third-order valence-corrected chi connectivity index (χ3v) is 9.07. The molecule has 0 aliphatic carbocycles. The molecule has 0 unspecified atom stereocenters. The van der Waals surface area contributed by atoms with E-state index < -0.39 is 27.9 Å². The van der Waals surface area contributed by atoms with E-state index >= 15 is 0 Å². The van der Waals surface area contributed by atoms with Gasteiger partial charge in [-0.25, -0.2) is 8.42 Å². The first-order valence-electron chi connectivity index (χ1n) is 12.8. The van der Waals surface area contributed by atoms with Crippen LogP contribution in [0.15, 0.2) is 77.2 Å². The van der Waals surface area contributed by atoms with Gasteiger partial charge >= 0.3 is 0 Å². The van der Waals surface area contributed by atoms with E-state index in [-0.39, 0.29) is 35.1 Å². The molecule has 0 saturated heterocycles. The van der Waals surface area contributed by atoms with Gasteiger partial charge in [0.15, 0.2) is 0 Å². The number of allylic oxidation sites excluding steroid dienone is 1. The van der Waals surface area contributed by atoms with Gasteiger partial charge in [0.25, 0.3) is 0 Å². The maximum Gasteiger partial charge on any atom is 0.246 e. The number of anilines is 1. The number of hydrogen-bond acceptors (Lipinski definition) is 8. The zero-order chi connectivity index (χ0) is 30.3. The Bertz CT molecular complexity index is 1590. The van der Waals surface area contributed by atoms with Gasteiger partial charge in [-0.05, 0) is 41.3 Å². The van der Waals surface area contributed by atoms with E-state index in [0.29, 0.717) is 29.3 Å². The number of fused-ring (bicyclic) bond motifs is 1. The summed E-state index contributed by atoms with van der Waals surface area (Å²) in [6.45, 7) is 4.18. The molecule has 2 aromatic carbocycles. The Morgan fingerprint density at radius 1 is 1.14 bits per heavy atom. The molecule has 10 nitrogen and oxygen atoms in total. The Morgan fingerprint density at radius 3 is 2.64 bits per heavy atom. The van der Waals surface area contributed by atoms with Crippen molar-refractivity contribution >= 4 is 56.5 Å². The van der Waals surface area contributed by atoms with Gasteiger partial charge in [-0.1, -0.05) is 48.5 Å². The third kappa shape index (κ3) is 7.58. The monoisotopic (exact) mass is 630 g/mol. The first-order chi connectivity index (χ1) is 20.1. The smallest absolute Gasteiger partial charge is 0.246 e. The zero-order valence-electron chi connectivity index (χ0n) is 23.1. The quantitative estimate of drug-likeness (QED) is 0.242. The lowest BCUT2D eigenvalue weighted by Crippen LogP contribution is -2.46. The average Bonchev–Trinajstić information content (AvgIpc) is 3.48. The molecule has 2 heterocycles. The van der Waals surface area contributed by atoms with Crippen molar-refractivity contribution in [1.82, 2.24) is 14.9 Å². The fraction of sp³-hybridized carbons (Fsp3) is 0.241. The number of nitrogens with zero attached hydrogens (tertiary/aromatic N) is 1. The Kier molecular flexibility index (Phi) is 10.4. The highest BCUT2D eigenvalue weighted by molar-refractivity contribution is 7.89. The van der Waals surface area contributed by atoms with E-state index in [0.717, 1.165) is 4.88 Å². The molecule has 3 N–H and O–H groups in total. The molecule has 1 aliphatic heterocycles. The minimum Gasteiger partial charge on any atom is -0.496 e. The molecule has 1 aliphatic rings. The number of rotatable bonds is 13. The number of nitrogens with one attached hydrogen (secondary N) is 3. The number of halogens is 1. The lowest BCUT2D eigenvalue weighted by atomic mass is 10.0. The SMILES string of the molecule is C=C1C=Cc2cc(S(=O)(=O)N[C@@H](C(=O)N(CC(=O)NCCOC)Cc3cccs3)c3ccccc3OC)c(Cl)cc2N1. The molecule has 3 aromatic rings. The van der Waals surface area contributed by atoms with Crippen LogP contribution in [0.3, 0.4) is 0 Å². The van der Waals surface area contributed by atoms with Crippen molar-refractivity contribution in [2.45, 2.75) is 17.5 Å². The summed E-state index contributed by atoms with van der Waals surface area (Å²) in [7, 11) is -1.44. The number of para-hydroxylation sites is 1. The molecular weight excluding hydrogens is 600 g/mol. The van der Waals surface area contributed by atoms with E-state index in [1.807, 2.05) is 17.5 Å². The number of methoxy groups -OCH3 is 2. The van der Waals surface area contributed by atoms with Crippen LogP contribution in [0.25, 0.3) is 6.08 Å². The largest absolute Gasteiger partial charge is 0.496 e. The molecule has 4 rings (SSSR count). The van der Waals surface area contributed by atoms with Crippen molar-refractivity contribution in [3.8, 4) is 5.75 Å². The second kappa shape index (κ2) is 14.0. The Morgan fingerprint density at radius 2 is 1.93 bits per heavy atom. The van der Waals surface area contributed by atoms with Crippen LogP contribution in [0.4, 0.5) is 5.69 Å². The van der Waals surface area contributed by atoms with Crippen LogP contribution in [-0.2, 0) is 30.9 Å². The fourth-order valence-corrected chi connectivity index (χ4v) is 6.75. The first-order valence-corrected chi connectivity index (χ1v) is 15.6. The second-order valence-corrected chi connectivity index (χ2v) is 12.4. The van der Waals surface area contributed by atoms with Crippen molar-refractivity contribution in [3.05, 3.63) is 93.3 Å². The highest BCUT2D eigenvalue weighted by atomic mass is 35.5. The summed E-state index contributed by atoms with van der Waals surface area (Å²) in [6.07, 6.45) is 3.43. The first kappa shape index (κ1) is 31.3. The summed E-state index contributed by atoms with van der Waals surface area (Å²) in [4.78, 5) is 29.0. The minimum atomic E-state index is -4.38. The van der Waals surface area contributed by atoms with Crippen molar-refractivity contribution < 1.29 is 27.5 Å². The summed E-state index contributed by atoms with van der Waals surface area (Å²) >= 11 is 7.87. The number of ether oxygens (including phenoxy) is 2. The lowest BCUT2D eigenvalue weighted by Gasteiger charge is -2.28. The molecule has 222 valence electrons. The molecule has 0 saturated carbocycles. The van der Waals surface area contributed by atoms with Gasteiger partial charge in [-0.2, -0.15) is 4.72 Å². The van der Waals surface area contributed by atoms with Crippen LogP contribution in [0, 0.1) is 0 Å². The van der Waals surface area contributed by atoms with Gasteiger partial charge in [-0.15, -0.1) is 11.3 Å². The van der Waals surface area contributed by atoms with E-state index in [1.165, 1.54) is 42.6 Å². The van der Waals surface area contributed by atoms with E-state index in [2.05, 4.69) is 21.9 Å². The summed E-state index contributed by atoms with van der Waals surface area (Å²) in [5.41, 5.74) is 2.09. The highest BCUT2D eigenvalue weighted by Crippen LogP contribution is 2.34. The Balaban J connectivity index is 1.73. The molecule has 1 aromatic heterocycles. The van der Waals surface area contributed by atoms with Crippen LogP contribution in [0.5, 0.6) is 5.75 Å². The van der Waals surface area contributed by atoms with Crippen LogP contribution in [0.1, 0.15) is 22.0 Å². The van der Waals surface area contributed by atoms with Crippen molar-refractivity contribution in [2.75, 3.05) is 39.2 Å². The van der Waals surface area contributed by atoms with Crippen LogP contribution in [-0.4, -0.2) is 59.0 Å². The number of sulfonamides is 1. The summed E-state index contributed by atoms with van der Waals surface area (Å²) in [5.74, 6) is -0.774. The molecule has 0 radical (unpaired) electrons. The van der Waals surface area contributed by atoms with E-state index in [9.17, 15) is 18.0 Å². The number of amides is 2. The summed E-state index contributed by atoms with van der Waals surface area (Å²) in [5, 5.41) is 7.57. The normalized spacial score (nSPS) is 13.2. The number of carbonyl (C=O) groups is 2. The molecule has 1 atom stereocenters. The van der Waals surface area contributed by atoms with Gasteiger partial charge in [0.1, 0.15) is 16.7 Å². The molecule has 13 heteroatoms. The summed E-state index contributed by atoms with van der Waals surface area (Å²) < 4.78 is 40.8. The fourth-order valence-electron chi connectivity index (χ4n) is 4.30. The average molecular weight is 631 g/mol. The predicted octanol–water partition coefficient (Wildman–Crippen LogP) is 4.17. The maximum atomic E-state index is 14.2. The van der Waals surface area contributed by atoms with Gasteiger partial charge < -0.3 is 25.0 Å². The lowest BCUT2D eigenvalue weighted by molar-refractivity contribution is -0.138. The maximum absolute atomic E-state index is 14.2. The van der Waals surface area contributed by atoms with E-state index in [1.54, 1.807) is 36.4 Å². The van der Waals surface area contributed by atoms with E-state index in [4.69, 9.17) is 21.1 Å². The third-order valence-electron chi connectivity index (χ3n) is 6.32. The van der Waals surface area contributed by atoms with Gasteiger partial charge in [0, 0.05) is 35.5 Å². The molecule has 0 spiro atoms. The number of carbonyl (C=O) groups excluding carboxylic acids is 2. The van der Waals surface area contributed by atoms with Gasteiger partial charge in [0.2, 0.25) is 21.8 Å². The Labute approximate surface area is 254 Å². The summed E-state index contributed by atoms with van der Waals surface area (Å²) in [6, 6.07) is 11.7. The zero-order valence-corrected chi connectivity index (χ0v) is 25.4. The van der Waals surface area contributed by atoms with Crippen LogP contribution >= 0.6 is 22.9 Å². The number of benzene rings is 2. The topological polar surface area (TPSA) is 126 Å². The second-order valence-electron chi connectivity index (χ2n) is 9.27. The van der Waals surface area contributed by atoms with Crippen molar-refractivity contribution in [3.63, 3.8) is 0 Å². The van der Waals surface area contributed by atoms with Gasteiger partial charge in [0.05, 0.1) is 31.8 Å². The minimum absolute atomic E-state index is 0.0453.